The summed E-state index contributed by atoms with van der Waals surface area (Å²) >= 11 is 3.52. The van der Waals surface area contributed by atoms with Gasteiger partial charge in [-0.3, -0.25) is 9.58 Å². The molecule has 0 aliphatic carbocycles. The first-order valence-electron chi connectivity index (χ1n) is 8.09. The van der Waals surface area contributed by atoms with E-state index < -0.39 is 11.6 Å². The third-order valence-electron chi connectivity index (χ3n) is 3.98. The predicted octanol–water partition coefficient (Wildman–Crippen LogP) is 5.27. The molecule has 1 heterocycles. The molecule has 0 radical (unpaired) electrons. The van der Waals surface area contributed by atoms with Gasteiger partial charge in [0.1, 0.15) is 5.82 Å². The number of halogens is 2. The van der Waals surface area contributed by atoms with E-state index in [1.54, 1.807) is 28.9 Å². The van der Waals surface area contributed by atoms with Gasteiger partial charge in [-0.2, -0.15) is 5.10 Å². The Kier molecular flexibility index (Phi) is 4.75. The first kappa shape index (κ1) is 18.4. The van der Waals surface area contributed by atoms with Crippen molar-refractivity contribution in [1.29, 1.82) is 0 Å². The number of carboxylic acid groups (broad SMARTS) is 1. The molecule has 136 valence electrons. The summed E-state index contributed by atoms with van der Waals surface area (Å²) in [6.07, 6.45) is 0.865. The number of amides is 1. The number of benzene rings is 2. The Labute approximate surface area is 159 Å². The molecular weight excluding hydrogens is 401 g/mol. The van der Waals surface area contributed by atoms with E-state index in [1.165, 1.54) is 17.0 Å². The summed E-state index contributed by atoms with van der Waals surface area (Å²) in [4.78, 5) is 13.0. The summed E-state index contributed by atoms with van der Waals surface area (Å²) in [6.45, 7) is 6.02. The number of hydrogen-bond acceptors (Lipinski definition) is 2. The maximum Gasteiger partial charge on any atom is 0.412 e. The van der Waals surface area contributed by atoms with Crippen LogP contribution in [0.3, 0.4) is 0 Å². The maximum absolute atomic E-state index is 13.0. The van der Waals surface area contributed by atoms with E-state index in [1.807, 2.05) is 27.0 Å². The van der Waals surface area contributed by atoms with E-state index in [2.05, 4.69) is 21.0 Å². The second kappa shape index (κ2) is 6.72. The highest BCUT2D eigenvalue weighted by molar-refractivity contribution is 9.10. The van der Waals surface area contributed by atoms with Crippen LogP contribution in [-0.2, 0) is 6.54 Å². The average molecular weight is 420 g/mol. The lowest BCUT2D eigenvalue weighted by Gasteiger charge is -2.33. The SMILES string of the molecule is CC(C)(C)N(C(=O)O)c1cc(Br)c2cn(Cc3ccc(F)cc3)nc2c1. The fraction of sp³-hybridized carbons (Fsp3) is 0.263. The molecule has 0 saturated carbocycles. The maximum atomic E-state index is 13.0. The lowest BCUT2D eigenvalue weighted by molar-refractivity contribution is 0.195. The van der Waals surface area contributed by atoms with E-state index in [0.29, 0.717) is 17.7 Å². The number of rotatable bonds is 3. The Morgan fingerprint density at radius 2 is 1.92 bits per heavy atom. The van der Waals surface area contributed by atoms with Gasteiger partial charge in [0.2, 0.25) is 0 Å². The topological polar surface area (TPSA) is 58.4 Å². The first-order valence-corrected chi connectivity index (χ1v) is 8.89. The van der Waals surface area contributed by atoms with Crippen LogP contribution in [0.2, 0.25) is 0 Å². The molecule has 1 aromatic heterocycles. The number of aromatic nitrogens is 2. The van der Waals surface area contributed by atoms with Gasteiger partial charge in [-0.15, -0.1) is 0 Å². The standard InChI is InChI=1S/C19H19BrFN3O2/c1-19(2,3)24(18(25)26)14-8-16(20)15-11-23(22-17(15)9-14)10-12-4-6-13(21)7-5-12/h4-9,11H,10H2,1-3H3,(H,25,26). The Hall–Kier alpha value is -2.41. The van der Waals surface area contributed by atoms with Crippen LogP contribution in [0.4, 0.5) is 14.9 Å². The van der Waals surface area contributed by atoms with Gasteiger partial charge in [0, 0.05) is 21.6 Å². The minimum Gasteiger partial charge on any atom is -0.465 e. The molecule has 0 unspecified atom stereocenters. The largest absolute Gasteiger partial charge is 0.465 e. The Morgan fingerprint density at radius 3 is 2.50 bits per heavy atom. The third kappa shape index (κ3) is 3.72. The number of nitrogens with zero attached hydrogens (tertiary/aromatic N) is 3. The van der Waals surface area contributed by atoms with Crippen LogP contribution in [0.15, 0.2) is 47.1 Å². The van der Waals surface area contributed by atoms with E-state index in [4.69, 9.17) is 0 Å². The van der Waals surface area contributed by atoms with Crippen molar-refractivity contribution < 1.29 is 14.3 Å². The number of anilines is 1. The van der Waals surface area contributed by atoms with Crippen molar-refractivity contribution in [2.24, 2.45) is 0 Å². The molecule has 0 atom stereocenters. The van der Waals surface area contributed by atoms with Crippen molar-refractivity contribution >= 4 is 38.6 Å². The van der Waals surface area contributed by atoms with Crippen LogP contribution < -0.4 is 4.90 Å². The van der Waals surface area contributed by atoms with Gasteiger partial charge in [-0.1, -0.05) is 12.1 Å². The fourth-order valence-electron chi connectivity index (χ4n) is 2.89. The van der Waals surface area contributed by atoms with Gasteiger partial charge in [0.25, 0.3) is 0 Å². The average Bonchev–Trinajstić information content (AvgIpc) is 2.91. The molecule has 0 spiro atoms. The molecule has 26 heavy (non-hydrogen) atoms. The normalized spacial score (nSPS) is 11.7. The van der Waals surface area contributed by atoms with Crippen LogP contribution in [0.5, 0.6) is 0 Å². The number of hydrogen-bond donors (Lipinski definition) is 1. The van der Waals surface area contributed by atoms with Gasteiger partial charge in [0.15, 0.2) is 0 Å². The van der Waals surface area contributed by atoms with Crippen LogP contribution in [-0.4, -0.2) is 26.5 Å². The minimum atomic E-state index is -1.02. The van der Waals surface area contributed by atoms with Crippen molar-refractivity contribution in [2.75, 3.05) is 4.90 Å². The van der Waals surface area contributed by atoms with Crippen molar-refractivity contribution in [3.63, 3.8) is 0 Å². The van der Waals surface area contributed by atoms with Gasteiger partial charge in [-0.05, 0) is 66.5 Å². The molecule has 0 saturated heterocycles. The molecule has 1 amide bonds. The molecule has 3 aromatic rings. The summed E-state index contributed by atoms with van der Waals surface area (Å²) in [7, 11) is 0. The molecule has 0 bridgehead atoms. The summed E-state index contributed by atoms with van der Waals surface area (Å²) in [6, 6.07) is 9.81. The number of carbonyl (C=O) groups is 1. The van der Waals surface area contributed by atoms with Crippen molar-refractivity contribution in [3.05, 3.63) is 58.4 Å². The van der Waals surface area contributed by atoms with Crippen molar-refractivity contribution in [2.45, 2.75) is 32.9 Å². The molecule has 7 heteroatoms. The lowest BCUT2D eigenvalue weighted by Crippen LogP contribution is -2.45. The molecule has 0 aliphatic rings. The first-order chi connectivity index (χ1) is 12.1. The quantitative estimate of drug-likeness (QED) is 0.628. The Balaban J connectivity index is 2.01. The van der Waals surface area contributed by atoms with Gasteiger partial charge >= 0.3 is 6.09 Å². The lowest BCUT2D eigenvalue weighted by atomic mass is 10.1. The second-order valence-electron chi connectivity index (χ2n) is 7.10. The monoisotopic (exact) mass is 419 g/mol. The van der Waals surface area contributed by atoms with Gasteiger partial charge < -0.3 is 5.11 Å². The second-order valence-corrected chi connectivity index (χ2v) is 7.96. The third-order valence-corrected chi connectivity index (χ3v) is 4.64. The molecule has 5 nitrogen and oxygen atoms in total. The zero-order valence-corrected chi connectivity index (χ0v) is 16.3. The summed E-state index contributed by atoms with van der Waals surface area (Å²) in [5, 5.41) is 15.0. The van der Waals surface area contributed by atoms with Crippen molar-refractivity contribution in [3.8, 4) is 0 Å². The van der Waals surface area contributed by atoms with E-state index in [9.17, 15) is 14.3 Å². The van der Waals surface area contributed by atoms with Gasteiger partial charge in [0.05, 0.1) is 17.7 Å². The smallest absolute Gasteiger partial charge is 0.412 e. The molecule has 0 fully saturated rings. The highest BCUT2D eigenvalue weighted by atomic mass is 79.9. The molecule has 0 aliphatic heterocycles. The molecular formula is C19H19BrFN3O2. The predicted molar refractivity (Wildman–Crippen MR) is 103 cm³/mol. The van der Waals surface area contributed by atoms with Crippen molar-refractivity contribution in [1.82, 2.24) is 9.78 Å². The van der Waals surface area contributed by atoms with Crippen LogP contribution >= 0.6 is 15.9 Å². The number of fused-ring (bicyclic) bond motifs is 1. The minimum absolute atomic E-state index is 0.275. The summed E-state index contributed by atoms with van der Waals surface area (Å²) < 4.78 is 15.6. The molecule has 3 rings (SSSR count). The highest BCUT2D eigenvalue weighted by Crippen LogP contribution is 2.32. The van der Waals surface area contributed by atoms with Crippen LogP contribution in [0.1, 0.15) is 26.3 Å². The van der Waals surface area contributed by atoms with Crippen LogP contribution in [0.25, 0.3) is 10.9 Å². The Bertz CT molecular complexity index is 961. The summed E-state index contributed by atoms with van der Waals surface area (Å²) in [5.74, 6) is -0.275. The van der Waals surface area contributed by atoms with Crippen LogP contribution in [0, 0.1) is 5.82 Å². The zero-order chi connectivity index (χ0) is 19.1. The highest BCUT2D eigenvalue weighted by Gasteiger charge is 2.28. The fourth-order valence-corrected chi connectivity index (χ4v) is 3.43. The van der Waals surface area contributed by atoms with Gasteiger partial charge in [-0.25, -0.2) is 9.18 Å². The Morgan fingerprint density at radius 1 is 1.27 bits per heavy atom. The molecule has 2 aromatic carbocycles. The van der Waals surface area contributed by atoms with E-state index in [-0.39, 0.29) is 5.82 Å². The van der Waals surface area contributed by atoms with E-state index in [0.717, 1.165) is 15.4 Å². The van der Waals surface area contributed by atoms with E-state index >= 15 is 0 Å². The summed E-state index contributed by atoms with van der Waals surface area (Å²) in [5.41, 5.74) is 1.58. The molecule has 1 N–H and O–H groups in total. The zero-order valence-electron chi connectivity index (χ0n) is 14.7.